The molecule has 0 atom stereocenters. The van der Waals surface area contributed by atoms with Crippen molar-refractivity contribution in [3.63, 3.8) is 0 Å². The summed E-state index contributed by atoms with van der Waals surface area (Å²) >= 11 is 0. The van der Waals surface area contributed by atoms with Crippen LogP contribution in [0.5, 0.6) is 0 Å². The zero-order chi connectivity index (χ0) is 20.6. The number of aryl methyl sites for hydroxylation is 1. The fraction of sp³-hybridized carbons (Fsp3) is 0.211. The molecular weight excluding hydrogens is 376 g/mol. The number of hydrogen-bond donors (Lipinski definition) is 3. The van der Waals surface area contributed by atoms with Crippen LogP contribution in [-0.4, -0.2) is 33.4 Å². The molecule has 1 amide bonds. The molecule has 3 rings (SSSR count). The molecule has 0 radical (unpaired) electrons. The van der Waals surface area contributed by atoms with E-state index < -0.39 is 11.9 Å². The lowest BCUT2D eigenvalue weighted by Crippen LogP contribution is -2.30. The minimum atomic E-state index is -0.658. The molecule has 0 saturated carbocycles. The summed E-state index contributed by atoms with van der Waals surface area (Å²) < 4.78 is 10.0. The van der Waals surface area contributed by atoms with Gasteiger partial charge in [0, 0.05) is 5.69 Å². The molecule has 0 aliphatic rings. The lowest BCUT2D eigenvalue weighted by molar-refractivity contribution is -0.143. The van der Waals surface area contributed by atoms with Crippen LogP contribution < -0.4 is 16.4 Å². The van der Waals surface area contributed by atoms with Crippen molar-refractivity contribution in [2.24, 2.45) is 0 Å². The lowest BCUT2D eigenvalue weighted by atomic mass is 10.1. The van der Waals surface area contributed by atoms with Gasteiger partial charge in [-0.3, -0.25) is 9.59 Å². The number of esters is 1. The van der Waals surface area contributed by atoms with Crippen molar-refractivity contribution in [3.8, 4) is 0 Å². The van der Waals surface area contributed by atoms with E-state index in [1.807, 2.05) is 31.2 Å². The van der Waals surface area contributed by atoms with Crippen LogP contribution in [0.2, 0.25) is 0 Å². The summed E-state index contributed by atoms with van der Waals surface area (Å²) in [7, 11) is 0. The van der Waals surface area contributed by atoms with E-state index in [0.717, 1.165) is 17.7 Å². The average molecular weight is 396 g/mol. The van der Waals surface area contributed by atoms with Crippen LogP contribution in [-0.2, 0) is 22.6 Å². The quantitative estimate of drug-likeness (QED) is 0.485. The molecule has 150 valence electrons. The number of carbonyl (C=O) groups excluding carboxylic acids is 2. The fourth-order valence-electron chi connectivity index (χ4n) is 2.47. The van der Waals surface area contributed by atoms with Crippen LogP contribution >= 0.6 is 0 Å². The first-order chi connectivity index (χ1) is 14.0. The topological polar surface area (TPSA) is 145 Å². The minimum absolute atomic E-state index is 0.00588. The number of ether oxygens (including phenoxy) is 1. The van der Waals surface area contributed by atoms with Gasteiger partial charge >= 0.3 is 5.97 Å². The highest BCUT2D eigenvalue weighted by atomic mass is 16.5. The van der Waals surface area contributed by atoms with E-state index in [9.17, 15) is 9.59 Å². The second kappa shape index (κ2) is 9.31. The Hall–Kier alpha value is -3.95. The maximum atomic E-state index is 11.8. The summed E-state index contributed by atoms with van der Waals surface area (Å²) in [6.45, 7) is 1.50. The molecule has 29 heavy (non-hydrogen) atoms. The molecule has 0 saturated heterocycles. The average Bonchev–Trinajstić information content (AvgIpc) is 3.25. The Morgan fingerprint density at radius 2 is 1.97 bits per heavy atom. The van der Waals surface area contributed by atoms with Crippen LogP contribution in [0, 0.1) is 0 Å². The Balaban J connectivity index is 1.57. The first kappa shape index (κ1) is 19.8. The zero-order valence-electron chi connectivity index (χ0n) is 15.7. The molecule has 0 spiro atoms. The van der Waals surface area contributed by atoms with Gasteiger partial charge in [0.15, 0.2) is 18.2 Å². The summed E-state index contributed by atoms with van der Waals surface area (Å²) in [6, 6.07) is 10.8. The molecular formula is C19H20N6O4. The normalized spacial score (nSPS) is 10.4. The van der Waals surface area contributed by atoms with E-state index in [1.165, 1.54) is 12.3 Å². The molecule has 0 unspecified atom stereocenters. The number of rotatable bonds is 8. The van der Waals surface area contributed by atoms with E-state index in [4.69, 9.17) is 14.9 Å². The van der Waals surface area contributed by atoms with Gasteiger partial charge in [0.1, 0.15) is 6.54 Å². The number of hydrogen-bond acceptors (Lipinski definition) is 9. The first-order valence-corrected chi connectivity index (χ1v) is 8.88. The lowest BCUT2D eigenvalue weighted by Gasteiger charge is -2.11. The fourth-order valence-corrected chi connectivity index (χ4v) is 2.47. The second-order valence-corrected chi connectivity index (χ2v) is 5.89. The maximum absolute atomic E-state index is 11.8. The van der Waals surface area contributed by atoms with Crippen LogP contribution in [0.4, 0.5) is 17.6 Å². The smallest absolute Gasteiger partial charge is 0.325 e. The number of nitrogens with two attached hydrogens (primary N) is 1. The molecule has 0 aliphatic heterocycles. The van der Waals surface area contributed by atoms with Crippen LogP contribution in [0.1, 0.15) is 28.9 Å². The van der Waals surface area contributed by atoms with Crippen molar-refractivity contribution < 1.29 is 18.7 Å². The van der Waals surface area contributed by atoms with Gasteiger partial charge in [-0.1, -0.05) is 25.1 Å². The van der Waals surface area contributed by atoms with Crippen LogP contribution in [0.3, 0.4) is 0 Å². The Kier molecular flexibility index (Phi) is 6.36. The number of para-hydroxylation sites is 1. The van der Waals surface area contributed by atoms with E-state index in [0.29, 0.717) is 0 Å². The highest BCUT2D eigenvalue weighted by Gasteiger charge is 2.13. The number of benzene rings is 1. The van der Waals surface area contributed by atoms with Gasteiger partial charge in [-0.2, -0.15) is 15.0 Å². The summed E-state index contributed by atoms with van der Waals surface area (Å²) in [4.78, 5) is 35.8. The van der Waals surface area contributed by atoms with E-state index in [2.05, 4.69) is 25.6 Å². The van der Waals surface area contributed by atoms with E-state index in [-0.39, 0.29) is 36.6 Å². The van der Waals surface area contributed by atoms with Crippen molar-refractivity contribution in [3.05, 3.63) is 59.8 Å². The molecule has 2 heterocycles. The maximum Gasteiger partial charge on any atom is 0.325 e. The predicted molar refractivity (Wildman–Crippen MR) is 104 cm³/mol. The second-order valence-electron chi connectivity index (χ2n) is 5.89. The Bertz CT molecular complexity index is 990. The van der Waals surface area contributed by atoms with Gasteiger partial charge in [-0.05, 0) is 30.2 Å². The predicted octanol–water partition coefficient (Wildman–Crippen LogP) is 1.83. The molecule has 0 bridgehead atoms. The number of aromatic nitrogens is 3. The molecule has 2 aromatic heterocycles. The number of amides is 1. The van der Waals surface area contributed by atoms with Crippen LogP contribution in [0.25, 0.3) is 0 Å². The number of carbonyl (C=O) groups is 2. The Morgan fingerprint density at radius 3 is 2.72 bits per heavy atom. The van der Waals surface area contributed by atoms with Crippen molar-refractivity contribution in [1.82, 2.24) is 20.3 Å². The van der Waals surface area contributed by atoms with Gasteiger partial charge in [-0.15, -0.1) is 0 Å². The van der Waals surface area contributed by atoms with Gasteiger partial charge in [0.25, 0.3) is 5.91 Å². The Labute approximate surface area is 166 Å². The largest absolute Gasteiger partial charge is 0.459 e. The monoisotopic (exact) mass is 396 g/mol. The molecule has 4 N–H and O–H groups in total. The highest BCUT2D eigenvalue weighted by molar-refractivity contribution is 5.93. The summed E-state index contributed by atoms with van der Waals surface area (Å²) in [5.74, 6) is -0.651. The number of nitrogens with one attached hydrogen (secondary N) is 2. The number of nitrogens with zero attached hydrogens (tertiary/aromatic N) is 3. The standard InChI is InChI=1S/C19H20N6O4/c1-2-12-6-3-4-7-13(12)22-19-24-15(23-18(20)25-19)11-29-16(26)10-21-17(27)14-8-5-9-28-14/h3-9H,2,10-11H2,1H3,(H,21,27)(H3,20,22,23,24,25). The minimum Gasteiger partial charge on any atom is -0.459 e. The van der Waals surface area contributed by atoms with Gasteiger partial charge in [0.2, 0.25) is 11.9 Å². The van der Waals surface area contributed by atoms with Crippen LogP contribution in [0.15, 0.2) is 47.1 Å². The first-order valence-electron chi connectivity index (χ1n) is 8.88. The SMILES string of the molecule is CCc1ccccc1Nc1nc(N)nc(COC(=O)CNC(=O)c2ccco2)n1. The third-order valence-electron chi connectivity index (χ3n) is 3.84. The molecule has 0 fully saturated rings. The van der Waals surface area contributed by atoms with Gasteiger partial charge in [-0.25, -0.2) is 0 Å². The van der Waals surface area contributed by atoms with Crippen molar-refractivity contribution in [2.75, 3.05) is 17.6 Å². The third-order valence-corrected chi connectivity index (χ3v) is 3.84. The molecule has 10 heteroatoms. The summed E-state index contributed by atoms with van der Waals surface area (Å²) in [5, 5.41) is 5.49. The molecule has 10 nitrogen and oxygen atoms in total. The molecule has 0 aliphatic carbocycles. The molecule has 3 aromatic rings. The zero-order valence-corrected chi connectivity index (χ0v) is 15.7. The summed E-state index contributed by atoms with van der Waals surface area (Å²) in [5.41, 5.74) is 7.67. The Morgan fingerprint density at radius 1 is 1.14 bits per heavy atom. The molecule has 1 aromatic carbocycles. The summed E-state index contributed by atoms with van der Waals surface area (Å²) in [6.07, 6.45) is 2.20. The van der Waals surface area contributed by atoms with Crippen molar-refractivity contribution in [1.29, 1.82) is 0 Å². The van der Waals surface area contributed by atoms with Crippen molar-refractivity contribution >= 4 is 29.5 Å². The number of furan rings is 1. The van der Waals surface area contributed by atoms with Crippen molar-refractivity contribution in [2.45, 2.75) is 20.0 Å². The number of nitrogen functional groups attached to an aromatic ring is 1. The van der Waals surface area contributed by atoms with Gasteiger partial charge < -0.3 is 25.5 Å². The van der Waals surface area contributed by atoms with E-state index >= 15 is 0 Å². The highest BCUT2D eigenvalue weighted by Crippen LogP contribution is 2.19. The third kappa shape index (κ3) is 5.51. The van der Waals surface area contributed by atoms with Gasteiger partial charge in [0.05, 0.1) is 6.26 Å². The number of anilines is 3. The van der Waals surface area contributed by atoms with E-state index in [1.54, 1.807) is 6.07 Å².